The van der Waals surface area contributed by atoms with Crippen LogP contribution in [0.3, 0.4) is 0 Å². The monoisotopic (exact) mass is 433 g/mol. The molecule has 29 heavy (non-hydrogen) atoms. The van der Waals surface area contributed by atoms with Crippen molar-refractivity contribution in [3.63, 3.8) is 0 Å². The molecule has 0 aliphatic carbocycles. The molecular weight excluding hydrogens is 402 g/mol. The Labute approximate surface area is 180 Å². The van der Waals surface area contributed by atoms with Crippen LogP contribution in [0.4, 0.5) is 5.69 Å². The second-order valence-electron chi connectivity index (χ2n) is 8.45. The summed E-state index contributed by atoms with van der Waals surface area (Å²) in [6.07, 6.45) is 1.92. The summed E-state index contributed by atoms with van der Waals surface area (Å²) in [6.45, 7) is 9.35. The van der Waals surface area contributed by atoms with Crippen LogP contribution in [0.1, 0.15) is 44.4 Å². The van der Waals surface area contributed by atoms with Gasteiger partial charge in [-0.15, -0.1) is 0 Å². The highest BCUT2D eigenvalue weighted by Gasteiger charge is 2.13. The Kier molecular flexibility index (Phi) is 7.66. The molecule has 0 amide bonds. The van der Waals surface area contributed by atoms with E-state index in [1.807, 2.05) is 12.1 Å². The maximum Gasteiger partial charge on any atom is 0.229 e. The van der Waals surface area contributed by atoms with Crippen molar-refractivity contribution in [3.8, 4) is 0 Å². The number of rotatable bonds is 7. The molecule has 0 saturated carbocycles. The molecule has 0 heterocycles. The van der Waals surface area contributed by atoms with Crippen molar-refractivity contribution in [2.45, 2.75) is 52.1 Å². The second kappa shape index (κ2) is 9.59. The van der Waals surface area contributed by atoms with Gasteiger partial charge in [-0.05, 0) is 59.8 Å². The van der Waals surface area contributed by atoms with E-state index in [9.17, 15) is 8.42 Å². The zero-order valence-corrected chi connectivity index (χ0v) is 19.4. The van der Waals surface area contributed by atoms with Gasteiger partial charge in [0.05, 0.1) is 6.26 Å². The highest BCUT2D eigenvalue weighted by Crippen LogP contribution is 2.22. The third-order valence-electron chi connectivity index (χ3n) is 4.45. The van der Waals surface area contributed by atoms with E-state index in [4.69, 9.17) is 12.2 Å². The van der Waals surface area contributed by atoms with E-state index in [0.717, 1.165) is 18.2 Å². The van der Waals surface area contributed by atoms with Crippen molar-refractivity contribution in [2.75, 3.05) is 11.0 Å². The van der Waals surface area contributed by atoms with Gasteiger partial charge in [0.2, 0.25) is 10.0 Å². The molecule has 2 aromatic carbocycles. The highest BCUT2D eigenvalue weighted by atomic mass is 32.2. The van der Waals surface area contributed by atoms with Crippen LogP contribution < -0.4 is 15.4 Å². The molecule has 1 unspecified atom stereocenters. The summed E-state index contributed by atoms with van der Waals surface area (Å²) >= 11 is 5.41. The lowest BCUT2D eigenvalue weighted by molar-refractivity contribution is 0.590. The normalized spacial score (nSPS) is 12.9. The van der Waals surface area contributed by atoms with Crippen molar-refractivity contribution < 1.29 is 8.42 Å². The zero-order chi connectivity index (χ0) is 21.7. The van der Waals surface area contributed by atoms with Crippen molar-refractivity contribution in [1.29, 1.82) is 0 Å². The Morgan fingerprint density at radius 1 is 1.00 bits per heavy atom. The Balaban J connectivity index is 1.80. The van der Waals surface area contributed by atoms with Crippen LogP contribution in [0, 0.1) is 0 Å². The summed E-state index contributed by atoms with van der Waals surface area (Å²) in [5, 5.41) is 7.17. The summed E-state index contributed by atoms with van der Waals surface area (Å²) in [4.78, 5) is 0. The fourth-order valence-corrected chi connectivity index (χ4v) is 3.74. The third-order valence-corrected chi connectivity index (χ3v) is 5.32. The summed E-state index contributed by atoms with van der Waals surface area (Å²) in [6, 6.07) is 16.1. The van der Waals surface area contributed by atoms with Gasteiger partial charge in [0.25, 0.3) is 0 Å². The molecule has 0 saturated heterocycles. The molecule has 0 aliphatic rings. The maximum atomic E-state index is 11.3. The predicted octanol–water partition coefficient (Wildman–Crippen LogP) is 3.95. The fourth-order valence-electron chi connectivity index (χ4n) is 2.91. The first-order chi connectivity index (χ1) is 13.4. The van der Waals surface area contributed by atoms with Gasteiger partial charge in [0.1, 0.15) is 0 Å². The van der Waals surface area contributed by atoms with Gasteiger partial charge < -0.3 is 10.6 Å². The van der Waals surface area contributed by atoms with Gasteiger partial charge in [-0.1, -0.05) is 57.2 Å². The Bertz CT molecular complexity index is 916. The number of thiocarbonyl (C=S) groups is 1. The Morgan fingerprint density at radius 2 is 1.55 bits per heavy atom. The molecule has 5 nitrogen and oxygen atoms in total. The average Bonchev–Trinajstić information content (AvgIpc) is 2.60. The fraction of sp³-hybridized carbons (Fsp3) is 0.409. The summed E-state index contributed by atoms with van der Waals surface area (Å²) in [7, 11) is -3.26. The first-order valence-corrected chi connectivity index (χ1v) is 11.9. The van der Waals surface area contributed by atoms with Gasteiger partial charge in [-0.2, -0.15) is 0 Å². The third kappa shape index (κ3) is 8.41. The molecule has 3 N–H and O–H groups in total. The first kappa shape index (κ1) is 23.2. The average molecular weight is 434 g/mol. The number of nitrogens with one attached hydrogen (secondary N) is 3. The number of hydrogen-bond donors (Lipinski definition) is 3. The Morgan fingerprint density at radius 3 is 2.07 bits per heavy atom. The van der Waals surface area contributed by atoms with E-state index in [1.165, 1.54) is 11.1 Å². The lowest BCUT2D eigenvalue weighted by Crippen LogP contribution is -2.41. The molecule has 2 aromatic rings. The standard InChI is InChI=1S/C22H31N3O2S2/c1-16(14-17-8-12-20(13-9-17)25-29(5,26)27)24-21(28)23-15-18-6-10-19(11-7-18)22(2,3)4/h6-13,16,25H,14-15H2,1-5H3,(H2,23,24,28). The predicted molar refractivity (Wildman–Crippen MR) is 126 cm³/mol. The minimum Gasteiger partial charge on any atom is -0.360 e. The number of hydrogen-bond acceptors (Lipinski definition) is 3. The van der Waals surface area contributed by atoms with E-state index < -0.39 is 10.0 Å². The van der Waals surface area contributed by atoms with Crippen LogP contribution in [0.25, 0.3) is 0 Å². The highest BCUT2D eigenvalue weighted by molar-refractivity contribution is 7.92. The van der Waals surface area contributed by atoms with Gasteiger partial charge in [0, 0.05) is 18.3 Å². The SMILES string of the molecule is CC(Cc1ccc(NS(C)(=O)=O)cc1)NC(=S)NCc1ccc(C(C)(C)C)cc1. The molecule has 0 radical (unpaired) electrons. The van der Waals surface area contributed by atoms with Crippen LogP contribution in [-0.2, 0) is 28.4 Å². The van der Waals surface area contributed by atoms with E-state index in [0.29, 0.717) is 17.3 Å². The van der Waals surface area contributed by atoms with Crippen LogP contribution in [-0.4, -0.2) is 25.8 Å². The Hall–Kier alpha value is -2.12. The number of benzene rings is 2. The van der Waals surface area contributed by atoms with E-state index in [1.54, 1.807) is 12.1 Å². The summed E-state index contributed by atoms with van der Waals surface area (Å²) in [5.74, 6) is 0. The molecule has 0 spiro atoms. The lowest BCUT2D eigenvalue weighted by atomic mass is 9.87. The zero-order valence-electron chi connectivity index (χ0n) is 17.7. The first-order valence-electron chi connectivity index (χ1n) is 9.63. The van der Waals surface area contributed by atoms with Crippen LogP contribution in [0.2, 0.25) is 0 Å². The van der Waals surface area contributed by atoms with Crippen molar-refractivity contribution in [3.05, 3.63) is 65.2 Å². The van der Waals surface area contributed by atoms with E-state index in [2.05, 4.69) is 67.3 Å². The molecule has 0 bridgehead atoms. The van der Waals surface area contributed by atoms with Crippen LogP contribution >= 0.6 is 12.2 Å². The van der Waals surface area contributed by atoms with Crippen molar-refractivity contribution in [1.82, 2.24) is 10.6 Å². The van der Waals surface area contributed by atoms with Crippen LogP contribution in [0.5, 0.6) is 0 Å². The molecule has 1 atom stereocenters. The number of sulfonamides is 1. The van der Waals surface area contributed by atoms with Gasteiger partial charge in [0.15, 0.2) is 5.11 Å². The quantitative estimate of drug-likeness (QED) is 0.577. The van der Waals surface area contributed by atoms with E-state index in [-0.39, 0.29) is 11.5 Å². The topological polar surface area (TPSA) is 70.2 Å². The molecule has 0 aromatic heterocycles. The maximum absolute atomic E-state index is 11.3. The van der Waals surface area contributed by atoms with E-state index >= 15 is 0 Å². The smallest absolute Gasteiger partial charge is 0.229 e. The number of anilines is 1. The molecule has 0 aliphatic heterocycles. The van der Waals surface area contributed by atoms with Gasteiger partial charge in [-0.3, -0.25) is 4.72 Å². The van der Waals surface area contributed by atoms with Crippen molar-refractivity contribution in [2.24, 2.45) is 0 Å². The largest absolute Gasteiger partial charge is 0.360 e. The second-order valence-corrected chi connectivity index (χ2v) is 10.6. The van der Waals surface area contributed by atoms with Crippen LogP contribution in [0.15, 0.2) is 48.5 Å². The minimum absolute atomic E-state index is 0.145. The summed E-state index contributed by atoms with van der Waals surface area (Å²) < 4.78 is 25.0. The summed E-state index contributed by atoms with van der Waals surface area (Å²) in [5.41, 5.74) is 4.31. The van der Waals surface area contributed by atoms with Crippen molar-refractivity contribution >= 4 is 33.0 Å². The molecule has 0 fully saturated rings. The minimum atomic E-state index is -3.26. The van der Waals surface area contributed by atoms with Gasteiger partial charge >= 0.3 is 0 Å². The molecule has 158 valence electrons. The molecular formula is C22H31N3O2S2. The van der Waals surface area contributed by atoms with Gasteiger partial charge in [-0.25, -0.2) is 8.42 Å². The lowest BCUT2D eigenvalue weighted by Gasteiger charge is -2.20. The molecule has 2 rings (SSSR count). The molecule has 7 heteroatoms.